The van der Waals surface area contributed by atoms with Crippen LogP contribution >= 0.6 is 0 Å². The molecule has 2 atom stereocenters. The second kappa shape index (κ2) is 7.58. The maximum atomic E-state index is 12.4. The smallest absolute Gasteiger partial charge is 0.408 e. The van der Waals surface area contributed by atoms with Crippen LogP contribution < -0.4 is 5.32 Å². The van der Waals surface area contributed by atoms with Gasteiger partial charge in [-0.3, -0.25) is 5.32 Å². The molecule has 0 aliphatic carbocycles. The lowest BCUT2D eigenvalue weighted by Crippen LogP contribution is -2.56. The summed E-state index contributed by atoms with van der Waals surface area (Å²) in [7, 11) is 0. The fourth-order valence-electron chi connectivity index (χ4n) is 2.64. The van der Waals surface area contributed by atoms with Crippen molar-refractivity contribution in [3.05, 3.63) is 71.8 Å². The first kappa shape index (κ1) is 19.5. The molecular formula is C20H23NO5. The van der Waals surface area contributed by atoms with E-state index in [2.05, 4.69) is 5.32 Å². The van der Waals surface area contributed by atoms with Crippen molar-refractivity contribution in [1.82, 2.24) is 5.32 Å². The van der Waals surface area contributed by atoms with Crippen LogP contribution in [0.4, 0.5) is 4.79 Å². The minimum absolute atomic E-state index is 0.231. The second-order valence-corrected chi connectivity index (χ2v) is 6.92. The average Bonchev–Trinajstić information content (AvgIpc) is 2.59. The molecule has 6 nitrogen and oxygen atoms in total. The molecule has 1 amide bonds. The van der Waals surface area contributed by atoms with Gasteiger partial charge in [0.05, 0.1) is 0 Å². The molecule has 3 N–H and O–H groups in total. The highest BCUT2D eigenvalue weighted by molar-refractivity contribution is 5.87. The van der Waals surface area contributed by atoms with Crippen LogP contribution in [0.2, 0.25) is 0 Å². The number of alkyl carbamates (subject to hydrolysis) is 1. The number of nitrogens with one attached hydrogen (secondary N) is 1. The molecule has 0 aliphatic rings. The summed E-state index contributed by atoms with van der Waals surface area (Å²) in [4.78, 5) is 24.7. The number of rotatable bonds is 5. The predicted octanol–water partition coefficient (Wildman–Crippen LogP) is 3.22. The molecule has 26 heavy (non-hydrogen) atoms. The Kier molecular flexibility index (Phi) is 5.67. The number of carbonyl (C=O) groups is 2. The summed E-state index contributed by atoms with van der Waals surface area (Å²) in [6, 6.07) is 16.4. The van der Waals surface area contributed by atoms with E-state index in [1.165, 1.54) is 12.1 Å². The van der Waals surface area contributed by atoms with Crippen molar-refractivity contribution < 1.29 is 24.5 Å². The zero-order valence-electron chi connectivity index (χ0n) is 15.0. The van der Waals surface area contributed by atoms with E-state index in [0.717, 1.165) is 0 Å². The molecule has 0 aliphatic heterocycles. The molecule has 0 radical (unpaired) electrons. The fourth-order valence-corrected chi connectivity index (χ4v) is 2.64. The van der Waals surface area contributed by atoms with Crippen LogP contribution in [0.15, 0.2) is 60.7 Å². The monoisotopic (exact) mass is 357 g/mol. The molecule has 0 saturated heterocycles. The molecule has 0 heterocycles. The summed E-state index contributed by atoms with van der Waals surface area (Å²) < 4.78 is 5.23. The van der Waals surface area contributed by atoms with Crippen LogP contribution in [0, 0.1) is 0 Å². The van der Waals surface area contributed by atoms with Gasteiger partial charge in [0.2, 0.25) is 0 Å². The highest BCUT2D eigenvalue weighted by Crippen LogP contribution is 2.36. The molecule has 6 heteroatoms. The SMILES string of the molecule is CC(C)(C)OC(=O)NC(C(=O)O)(c1ccccc1)C(O)c1ccccc1. The van der Waals surface area contributed by atoms with Crippen LogP contribution in [0.1, 0.15) is 38.0 Å². The van der Waals surface area contributed by atoms with Gasteiger partial charge in [0.1, 0.15) is 11.7 Å². The van der Waals surface area contributed by atoms with Crippen LogP contribution in [0.3, 0.4) is 0 Å². The van der Waals surface area contributed by atoms with E-state index in [1.54, 1.807) is 69.3 Å². The van der Waals surface area contributed by atoms with E-state index in [4.69, 9.17) is 4.74 Å². The van der Waals surface area contributed by atoms with Crippen molar-refractivity contribution in [1.29, 1.82) is 0 Å². The van der Waals surface area contributed by atoms with E-state index in [9.17, 15) is 19.8 Å². The Morgan fingerprint density at radius 3 is 1.92 bits per heavy atom. The summed E-state index contributed by atoms with van der Waals surface area (Å²) in [6.07, 6.45) is -2.46. The van der Waals surface area contributed by atoms with E-state index < -0.39 is 29.3 Å². The molecule has 2 aromatic carbocycles. The highest BCUT2D eigenvalue weighted by atomic mass is 16.6. The summed E-state index contributed by atoms with van der Waals surface area (Å²) in [6.45, 7) is 5.02. The Morgan fingerprint density at radius 2 is 1.46 bits per heavy atom. The van der Waals surface area contributed by atoms with Gasteiger partial charge in [0.25, 0.3) is 0 Å². The van der Waals surface area contributed by atoms with Crippen molar-refractivity contribution in [3.8, 4) is 0 Å². The van der Waals surface area contributed by atoms with E-state index in [1.807, 2.05) is 0 Å². The van der Waals surface area contributed by atoms with Gasteiger partial charge in [-0.05, 0) is 31.9 Å². The Labute approximate surface area is 152 Å². The van der Waals surface area contributed by atoms with E-state index >= 15 is 0 Å². The van der Waals surface area contributed by atoms with Crippen molar-refractivity contribution in [2.24, 2.45) is 0 Å². The van der Waals surface area contributed by atoms with Gasteiger partial charge < -0.3 is 14.9 Å². The van der Waals surface area contributed by atoms with Crippen molar-refractivity contribution in [2.45, 2.75) is 38.0 Å². The summed E-state index contributed by atoms with van der Waals surface area (Å²) >= 11 is 0. The molecular weight excluding hydrogens is 334 g/mol. The number of aliphatic hydroxyl groups excluding tert-OH is 1. The minimum atomic E-state index is -2.11. The summed E-state index contributed by atoms with van der Waals surface area (Å²) in [5.41, 5.74) is -2.34. The highest BCUT2D eigenvalue weighted by Gasteiger charge is 2.50. The lowest BCUT2D eigenvalue weighted by atomic mass is 9.81. The van der Waals surface area contributed by atoms with Crippen LogP contribution in [0.5, 0.6) is 0 Å². The molecule has 0 aromatic heterocycles. The Balaban J connectivity index is 2.55. The largest absolute Gasteiger partial charge is 0.479 e. The molecule has 2 unspecified atom stereocenters. The number of benzene rings is 2. The zero-order chi connectivity index (χ0) is 19.4. The molecule has 0 bridgehead atoms. The second-order valence-electron chi connectivity index (χ2n) is 6.92. The molecule has 2 rings (SSSR count). The maximum Gasteiger partial charge on any atom is 0.408 e. The van der Waals surface area contributed by atoms with Crippen molar-refractivity contribution >= 4 is 12.1 Å². The third kappa shape index (κ3) is 4.21. The number of amides is 1. The Morgan fingerprint density at radius 1 is 0.962 bits per heavy atom. The van der Waals surface area contributed by atoms with Crippen LogP contribution in [-0.2, 0) is 15.1 Å². The lowest BCUT2D eigenvalue weighted by Gasteiger charge is -2.36. The maximum absolute atomic E-state index is 12.4. The Bertz CT molecular complexity index is 755. The number of hydrogen-bond donors (Lipinski definition) is 3. The minimum Gasteiger partial charge on any atom is -0.479 e. The lowest BCUT2D eigenvalue weighted by molar-refractivity contribution is -0.151. The van der Waals surface area contributed by atoms with Gasteiger partial charge in [0, 0.05) is 0 Å². The number of aliphatic carboxylic acids is 1. The number of carboxylic acid groups (broad SMARTS) is 1. The van der Waals surface area contributed by atoms with Gasteiger partial charge in [-0.2, -0.15) is 0 Å². The molecule has 0 saturated carbocycles. The van der Waals surface area contributed by atoms with Gasteiger partial charge >= 0.3 is 12.1 Å². The summed E-state index contributed by atoms with van der Waals surface area (Å²) in [5.74, 6) is -1.40. The van der Waals surface area contributed by atoms with E-state index in [0.29, 0.717) is 5.56 Å². The molecule has 2 aromatic rings. The number of aliphatic hydroxyl groups is 1. The number of hydrogen-bond acceptors (Lipinski definition) is 4. The number of carboxylic acids is 1. The van der Waals surface area contributed by atoms with Crippen molar-refractivity contribution in [2.75, 3.05) is 0 Å². The van der Waals surface area contributed by atoms with Crippen LogP contribution in [0.25, 0.3) is 0 Å². The molecule has 138 valence electrons. The topological polar surface area (TPSA) is 95.9 Å². The number of ether oxygens (including phenoxy) is 1. The van der Waals surface area contributed by atoms with Gasteiger partial charge in [-0.1, -0.05) is 60.7 Å². The predicted molar refractivity (Wildman–Crippen MR) is 96.5 cm³/mol. The Hall–Kier alpha value is -2.86. The number of carbonyl (C=O) groups excluding carboxylic acids is 1. The zero-order valence-corrected chi connectivity index (χ0v) is 15.0. The van der Waals surface area contributed by atoms with Gasteiger partial charge in [-0.15, -0.1) is 0 Å². The first-order valence-corrected chi connectivity index (χ1v) is 8.20. The summed E-state index contributed by atoms with van der Waals surface area (Å²) in [5, 5.41) is 23.4. The quantitative estimate of drug-likeness (QED) is 0.763. The first-order valence-electron chi connectivity index (χ1n) is 8.20. The van der Waals surface area contributed by atoms with Gasteiger partial charge in [-0.25, -0.2) is 9.59 Å². The molecule has 0 spiro atoms. The first-order chi connectivity index (χ1) is 12.2. The standard InChI is InChI=1S/C20H23NO5/c1-19(2,3)26-18(25)21-20(17(23)24,15-12-8-5-9-13-15)16(22)14-10-6-4-7-11-14/h4-13,16,22H,1-3H3,(H,21,25)(H,23,24). The third-order valence-electron chi connectivity index (χ3n) is 3.79. The average molecular weight is 357 g/mol. The third-order valence-corrected chi connectivity index (χ3v) is 3.79. The molecule has 0 fully saturated rings. The fraction of sp³-hybridized carbons (Fsp3) is 0.300. The normalized spacial score (nSPS) is 14.8. The van der Waals surface area contributed by atoms with Gasteiger partial charge in [0.15, 0.2) is 5.54 Å². The van der Waals surface area contributed by atoms with E-state index in [-0.39, 0.29) is 5.56 Å². The van der Waals surface area contributed by atoms with Crippen LogP contribution in [-0.4, -0.2) is 27.9 Å². The van der Waals surface area contributed by atoms with Crippen molar-refractivity contribution in [3.63, 3.8) is 0 Å².